The van der Waals surface area contributed by atoms with E-state index in [2.05, 4.69) is 11.2 Å². The van der Waals surface area contributed by atoms with Gasteiger partial charge in [0.1, 0.15) is 5.75 Å². The molecule has 4 heteroatoms. The van der Waals surface area contributed by atoms with Crippen molar-refractivity contribution in [1.29, 1.82) is 0 Å². The molecule has 1 aliphatic heterocycles. The quantitative estimate of drug-likeness (QED) is 0.773. The fourth-order valence-corrected chi connectivity index (χ4v) is 2.77. The van der Waals surface area contributed by atoms with Crippen LogP contribution < -0.4 is 10.5 Å². The van der Waals surface area contributed by atoms with Crippen LogP contribution in [0.3, 0.4) is 0 Å². The Labute approximate surface area is 116 Å². The summed E-state index contributed by atoms with van der Waals surface area (Å²) in [5.41, 5.74) is 10.9. The molecule has 20 heavy (non-hydrogen) atoms. The highest BCUT2D eigenvalue weighted by Crippen LogP contribution is 2.30. The molecule has 1 aromatic carbocycles. The minimum atomic E-state index is -0.166. The number of fused-ring (bicyclic) bond motifs is 2. The van der Waals surface area contributed by atoms with Crippen molar-refractivity contribution in [2.75, 3.05) is 6.61 Å². The molecule has 2 aromatic heterocycles. The van der Waals surface area contributed by atoms with E-state index in [1.165, 1.54) is 5.56 Å². The van der Waals surface area contributed by atoms with Gasteiger partial charge < -0.3 is 10.5 Å². The minimum Gasteiger partial charge on any atom is -0.493 e. The monoisotopic (exact) mass is 265 g/mol. The highest BCUT2D eigenvalue weighted by Gasteiger charge is 2.18. The first-order valence-corrected chi connectivity index (χ1v) is 6.76. The van der Waals surface area contributed by atoms with E-state index in [9.17, 15) is 0 Å². The molecule has 0 radical (unpaired) electrons. The first-order valence-electron chi connectivity index (χ1n) is 6.76. The molecule has 0 spiro atoms. The second kappa shape index (κ2) is 4.35. The van der Waals surface area contributed by atoms with Crippen molar-refractivity contribution in [3.8, 4) is 5.75 Å². The summed E-state index contributed by atoms with van der Waals surface area (Å²) in [5, 5.41) is 4.35. The van der Waals surface area contributed by atoms with E-state index in [1.807, 2.05) is 47.2 Å². The second-order valence-corrected chi connectivity index (χ2v) is 5.07. The standard InChI is InChI=1S/C16H15N3O/c17-16(12-4-5-15-11(9-12)6-8-20-15)13-10-18-19-7-2-1-3-14(13)19/h1-5,7,9-10,16H,6,8,17H2. The molecule has 0 bridgehead atoms. The molecule has 1 unspecified atom stereocenters. The SMILES string of the molecule is NC(c1ccc2c(c1)CCO2)c1cnn2ccccc12. The Morgan fingerprint density at radius 3 is 3.15 bits per heavy atom. The van der Waals surface area contributed by atoms with E-state index >= 15 is 0 Å². The number of rotatable bonds is 2. The van der Waals surface area contributed by atoms with Gasteiger partial charge in [-0.05, 0) is 29.3 Å². The predicted molar refractivity (Wildman–Crippen MR) is 76.9 cm³/mol. The summed E-state index contributed by atoms with van der Waals surface area (Å²) in [6.07, 6.45) is 4.75. The highest BCUT2D eigenvalue weighted by atomic mass is 16.5. The summed E-state index contributed by atoms with van der Waals surface area (Å²) in [6, 6.07) is 12.1. The lowest BCUT2D eigenvalue weighted by Crippen LogP contribution is -2.11. The van der Waals surface area contributed by atoms with Crippen LogP contribution in [0.5, 0.6) is 5.75 Å². The van der Waals surface area contributed by atoms with Crippen LogP contribution in [0.1, 0.15) is 22.7 Å². The van der Waals surface area contributed by atoms with Gasteiger partial charge in [-0.25, -0.2) is 4.52 Å². The lowest BCUT2D eigenvalue weighted by atomic mass is 9.98. The van der Waals surface area contributed by atoms with Crippen LogP contribution >= 0.6 is 0 Å². The van der Waals surface area contributed by atoms with E-state index in [-0.39, 0.29) is 6.04 Å². The van der Waals surface area contributed by atoms with Crippen LogP contribution in [-0.4, -0.2) is 16.2 Å². The third-order valence-electron chi connectivity index (χ3n) is 3.86. The fourth-order valence-electron chi connectivity index (χ4n) is 2.77. The molecular formula is C16H15N3O. The van der Waals surface area contributed by atoms with Gasteiger partial charge in [0.15, 0.2) is 0 Å². The molecule has 0 saturated heterocycles. The van der Waals surface area contributed by atoms with Gasteiger partial charge in [-0.15, -0.1) is 0 Å². The normalized spacial score (nSPS) is 15.1. The molecule has 4 rings (SSSR count). The molecule has 0 amide bonds. The van der Waals surface area contributed by atoms with Crippen LogP contribution in [0.15, 0.2) is 48.8 Å². The molecular weight excluding hydrogens is 250 g/mol. The Morgan fingerprint density at radius 1 is 1.25 bits per heavy atom. The van der Waals surface area contributed by atoms with Gasteiger partial charge in [0, 0.05) is 18.2 Å². The summed E-state index contributed by atoms with van der Waals surface area (Å²) < 4.78 is 7.39. The van der Waals surface area contributed by atoms with Crippen molar-refractivity contribution < 1.29 is 4.74 Å². The molecule has 3 aromatic rings. The van der Waals surface area contributed by atoms with Crippen molar-refractivity contribution in [2.45, 2.75) is 12.5 Å². The lowest BCUT2D eigenvalue weighted by molar-refractivity contribution is 0.357. The average molecular weight is 265 g/mol. The van der Waals surface area contributed by atoms with Gasteiger partial charge in [0.05, 0.1) is 24.4 Å². The maximum absolute atomic E-state index is 6.43. The van der Waals surface area contributed by atoms with Gasteiger partial charge in [-0.1, -0.05) is 18.2 Å². The molecule has 100 valence electrons. The Hall–Kier alpha value is -2.33. The minimum absolute atomic E-state index is 0.166. The van der Waals surface area contributed by atoms with Gasteiger partial charge in [-0.3, -0.25) is 0 Å². The molecule has 2 N–H and O–H groups in total. The molecule has 3 heterocycles. The average Bonchev–Trinajstić information content (AvgIpc) is 3.12. The van der Waals surface area contributed by atoms with E-state index < -0.39 is 0 Å². The molecule has 4 nitrogen and oxygen atoms in total. The van der Waals surface area contributed by atoms with Gasteiger partial charge in [-0.2, -0.15) is 5.10 Å². The predicted octanol–water partition coefficient (Wildman–Crippen LogP) is 2.32. The second-order valence-electron chi connectivity index (χ2n) is 5.07. The lowest BCUT2D eigenvalue weighted by Gasteiger charge is -2.12. The molecule has 0 aliphatic carbocycles. The first kappa shape index (κ1) is 11.5. The maximum Gasteiger partial charge on any atom is 0.122 e. The van der Waals surface area contributed by atoms with Crippen LogP contribution in [0.2, 0.25) is 0 Å². The molecule has 0 fully saturated rings. The number of nitrogens with zero attached hydrogens (tertiary/aromatic N) is 2. The van der Waals surface area contributed by atoms with E-state index in [0.29, 0.717) is 0 Å². The zero-order chi connectivity index (χ0) is 13.5. The topological polar surface area (TPSA) is 52.5 Å². The van der Waals surface area contributed by atoms with Crippen molar-refractivity contribution in [2.24, 2.45) is 5.73 Å². The number of benzene rings is 1. The summed E-state index contributed by atoms with van der Waals surface area (Å²) in [5.74, 6) is 0.987. The first-order chi connectivity index (χ1) is 9.83. The maximum atomic E-state index is 6.43. The Morgan fingerprint density at radius 2 is 2.20 bits per heavy atom. The largest absolute Gasteiger partial charge is 0.493 e. The number of hydrogen-bond acceptors (Lipinski definition) is 3. The third kappa shape index (κ3) is 1.69. The number of nitrogens with two attached hydrogens (primary N) is 1. The van der Waals surface area contributed by atoms with E-state index in [1.54, 1.807) is 0 Å². The summed E-state index contributed by atoms with van der Waals surface area (Å²) >= 11 is 0. The van der Waals surface area contributed by atoms with Crippen LogP contribution in [0.4, 0.5) is 0 Å². The van der Waals surface area contributed by atoms with Crippen molar-refractivity contribution >= 4 is 5.52 Å². The summed E-state index contributed by atoms with van der Waals surface area (Å²) in [4.78, 5) is 0. The third-order valence-corrected chi connectivity index (χ3v) is 3.86. The van der Waals surface area contributed by atoms with E-state index in [4.69, 9.17) is 10.5 Å². The van der Waals surface area contributed by atoms with Gasteiger partial charge >= 0.3 is 0 Å². The highest BCUT2D eigenvalue weighted by molar-refractivity contribution is 5.57. The molecule has 0 saturated carbocycles. The number of hydrogen-bond donors (Lipinski definition) is 1. The van der Waals surface area contributed by atoms with Gasteiger partial charge in [0.2, 0.25) is 0 Å². The van der Waals surface area contributed by atoms with Crippen LogP contribution in [0, 0.1) is 0 Å². The Bertz CT molecular complexity index is 778. The number of pyridine rings is 1. The summed E-state index contributed by atoms with van der Waals surface area (Å²) in [7, 11) is 0. The van der Waals surface area contributed by atoms with Gasteiger partial charge in [0.25, 0.3) is 0 Å². The van der Waals surface area contributed by atoms with Crippen molar-refractivity contribution in [3.63, 3.8) is 0 Å². The van der Waals surface area contributed by atoms with Crippen molar-refractivity contribution in [3.05, 3.63) is 65.5 Å². The van der Waals surface area contributed by atoms with Crippen LogP contribution in [-0.2, 0) is 6.42 Å². The zero-order valence-electron chi connectivity index (χ0n) is 11.0. The number of ether oxygens (including phenoxy) is 1. The van der Waals surface area contributed by atoms with Crippen molar-refractivity contribution in [1.82, 2.24) is 9.61 Å². The Kier molecular flexibility index (Phi) is 2.50. The molecule has 1 atom stereocenters. The molecule has 1 aliphatic rings. The smallest absolute Gasteiger partial charge is 0.122 e. The van der Waals surface area contributed by atoms with Crippen LogP contribution in [0.25, 0.3) is 5.52 Å². The zero-order valence-corrected chi connectivity index (χ0v) is 11.0. The van der Waals surface area contributed by atoms with E-state index in [0.717, 1.165) is 35.4 Å². The number of aromatic nitrogens is 2. The Balaban J connectivity index is 1.78. The fraction of sp³-hybridized carbons (Fsp3) is 0.188. The summed E-state index contributed by atoms with van der Waals surface area (Å²) in [6.45, 7) is 0.769.